The molecule has 1 aromatic heterocycles. The average molecular weight is 500 g/mol. The summed E-state index contributed by atoms with van der Waals surface area (Å²) in [6, 6.07) is 6.58. The van der Waals surface area contributed by atoms with Gasteiger partial charge in [-0.1, -0.05) is 0 Å². The average Bonchev–Trinajstić information content (AvgIpc) is 2.82. The lowest BCUT2D eigenvalue weighted by Crippen LogP contribution is -2.45. The van der Waals surface area contributed by atoms with Gasteiger partial charge in [-0.3, -0.25) is 4.79 Å². The number of ether oxygens (including phenoxy) is 2. The molecule has 0 unspecified atom stereocenters. The Kier molecular flexibility index (Phi) is 6.87. The molecular weight excluding hydrogens is 475 g/mol. The number of nitrogens with one attached hydrogen (secondary N) is 1. The summed E-state index contributed by atoms with van der Waals surface area (Å²) in [5.41, 5.74) is -0.801. The highest BCUT2D eigenvalue weighted by Crippen LogP contribution is 2.33. The lowest BCUT2D eigenvalue weighted by atomic mass is 10.0. The van der Waals surface area contributed by atoms with Gasteiger partial charge in [0.25, 0.3) is 0 Å². The largest absolute Gasteiger partial charge is 0.486 e. The fourth-order valence-corrected chi connectivity index (χ4v) is 5.11. The van der Waals surface area contributed by atoms with Crippen LogP contribution < -0.4 is 19.7 Å². The van der Waals surface area contributed by atoms with Crippen molar-refractivity contribution in [3.8, 4) is 11.5 Å². The smallest absolute Gasteiger partial charge is 0.417 e. The molecule has 0 atom stereocenters. The van der Waals surface area contributed by atoms with Crippen LogP contribution in [0.2, 0.25) is 0 Å². The number of anilines is 1. The van der Waals surface area contributed by atoms with Gasteiger partial charge in [0, 0.05) is 37.8 Å². The third-order valence-corrected chi connectivity index (χ3v) is 7.44. The van der Waals surface area contributed by atoms with E-state index in [9.17, 15) is 26.4 Å². The predicted molar refractivity (Wildman–Crippen MR) is 117 cm³/mol. The van der Waals surface area contributed by atoms with E-state index in [0.717, 1.165) is 12.3 Å². The van der Waals surface area contributed by atoms with E-state index < -0.39 is 21.6 Å². The minimum absolute atomic E-state index is 0.0712. The van der Waals surface area contributed by atoms with Gasteiger partial charge in [0.2, 0.25) is 5.91 Å². The first-order valence-electron chi connectivity index (χ1n) is 10.8. The van der Waals surface area contributed by atoms with Crippen LogP contribution >= 0.6 is 0 Å². The van der Waals surface area contributed by atoms with Crippen LogP contribution in [0.3, 0.4) is 0 Å². The zero-order valence-electron chi connectivity index (χ0n) is 18.2. The summed E-state index contributed by atoms with van der Waals surface area (Å²) < 4.78 is 74.2. The molecule has 2 aromatic rings. The lowest BCUT2D eigenvalue weighted by molar-refractivity contribution is -0.137. The van der Waals surface area contributed by atoms with Gasteiger partial charge in [0.1, 0.15) is 19.0 Å². The third kappa shape index (κ3) is 5.72. The Morgan fingerprint density at radius 3 is 2.44 bits per heavy atom. The zero-order chi connectivity index (χ0) is 24.3. The SMILES string of the molecule is O=C(CCS(=O)(=O)c1ccc2c(c1)OCCO2)NC1CCN(c2ccc(C(F)(F)F)cn2)CC1. The molecule has 1 aromatic carbocycles. The van der Waals surface area contributed by atoms with Crippen LogP contribution in [0, 0.1) is 0 Å². The number of benzene rings is 1. The Morgan fingerprint density at radius 2 is 1.79 bits per heavy atom. The number of halogens is 3. The van der Waals surface area contributed by atoms with Gasteiger partial charge >= 0.3 is 6.18 Å². The number of aromatic nitrogens is 1. The first kappa shape index (κ1) is 24.1. The molecule has 4 rings (SSSR count). The second-order valence-corrected chi connectivity index (χ2v) is 10.2. The van der Waals surface area contributed by atoms with E-state index in [2.05, 4.69) is 10.3 Å². The molecular formula is C22H24F3N3O5S. The maximum Gasteiger partial charge on any atom is 0.417 e. The molecule has 0 saturated carbocycles. The van der Waals surface area contributed by atoms with E-state index in [1.165, 1.54) is 18.2 Å². The van der Waals surface area contributed by atoms with Crippen LogP contribution in [-0.4, -0.2) is 57.4 Å². The molecule has 0 spiro atoms. The summed E-state index contributed by atoms with van der Waals surface area (Å²) in [5.74, 6) is 0.592. The van der Waals surface area contributed by atoms with Gasteiger partial charge in [-0.15, -0.1) is 0 Å². The number of amides is 1. The van der Waals surface area contributed by atoms with Crippen LogP contribution in [0.25, 0.3) is 0 Å². The standard InChI is InChI=1S/C22H24F3N3O5S/c23-22(24,25)15-1-4-20(26-14-15)28-8-5-16(6-9-28)27-21(29)7-12-34(30,31)17-2-3-18-19(13-17)33-11-10-32-18/h1-4,13-14,16H,5-12H2,(H,27,29). The van der Waals surface area contributed by atoms with Gasteiger partial charge in [-0.25, -0.2) is 13.4 Å². The first-order chi connectivity index (χ1) is 16.1. The maximum atomic E-state index is 12.7. The highest BCUT2D eigenvalue weighted by Gasteiger charge is 2.31. The number of hydrogen-bond donors (Lipinski definition) is 1. The molecule has 1 fully saturated rings. The van der Waals surface area contributed by atoms with Crippen molar-refractivity contribution in [3.05, 3.63) is 42.1 Å². The van der Waals surface area contributed by atoms with Gasteiger partial charge in [-0.2, -0.15) is 13.2 Å². The number of carbonyl (C=O) groups excluding carboxylic acids is 1. The zero-order valence-corrected chi connectivity index (χ0v) is 19.0. The summed E-state index contributed by atoms with van der Waals surface area (Å²) in [6.07, 6.45) is -2.66. The van der Waals surface area contributed by atoms with Crippen molar-refractivity contribution < 1.29 is 35.9 Å². The molecule has 2 aliphatic rings. The number of pyridine rings is 1. The molecule has 3 heterocycles. The summed E-state index contributed by atoms with van der Waals surface area (Å²) in [6.45, 7) is 1.77. The van der Waals surface area contributed by atoms with Crippen molar-refractivity contribution in [2.45, 2.75) is 36.4 Å². The highest BCUT2D eigenvalue weighted by molar-refractivity contribution is 7.91. The second kappa shape index (κ2) is 9.69. The Labute approximate surface area is 195 Å². The molecule has 184 valence electrons. The number of piperidine rings is 1. The number of hydrogen-bond acceptors (Lipinski definition) is 7. The second-order valence-electron chi connectivity index (χ2n) is 8.11. The lowest BCUT2D eigenvalue weighted by Gasteiger charge is -2.33. The third-order valence-electron chi connectivity index (χ3n) is 5.73. The molecule has 1 N–H and O–H groups in total. The van der Waals surface area contributed by atoms with Crippen LogP contribution in [0.4, 0.5) is 19.0 Å². The predicted octanol–water partition coefficient (Wildman–Crippen LogP) is 2.82. The molecule has 1 amide bonds. The molecule has 0 aliphatic carbocycles. The van der Waals surface area contributed by atoms with Crippen LogP contribution in [0.15, 0.2) is 41.4 Å². The monoisotopic (exact) mass is 499 g/mol. The van der Waals surface area contributed by atoms with E-state index in [1.54, 1.807) is 6.07 Å². The van der Waals surface area contributed by atoms with Crippen LogP contribution in [-0.2, 0) is 20.8 Å². The van der Waals surface area contributed by atoms with Crippen LogP contribution in [0.5, 0.6) is 11.5 Å². The van der Waals surface area contributed by atoms with Crippen molar-refractivity contribution in [2.24, 2.45) is 0 Å². The molecule has 0 radical (unpaired) electrons. The summed E-state index contributed by atoms with van der Waals surface area (Å²) >= 11 is 0. The maximum absolute atomic E-state index is 12.7. The Bertz CT molecular complexity index is 1130. The van der Waals surface area contributed by atoms with Crippen molar-refractivity contribution in [3.63, 3.8) is 0 Å². The van der Waals surface area contributed by atoms with Crippen molar-refractivity contribution in [2.75, 3.05) is 37.0 Å². The number of fused-ring (bicyclic) bond motifs is 1. The Hall–Kier alpha value is -3.02. The van der Waals surface area contributed by atoms with E-state index >= 15 is 0 Å². The van der Waals surface area contributed by atoms with Crippen molar-refractivity contribution >= 4 is 21.6 Å². The number of sulfone groups is 1. The molecule has 8 nitrogen and oxygen atoms in total. The first-order valence-corrected chi connectivity index (χ1v) is 12.5. The quantitative estimate of drug-likeness (QED) is 0.653. The Morgan fingerprint density at radius 1 is 1.09 bits per heavy atom. The van der Waals surface area contributed by atoms with Crippen molar-refractivity contribution in [1.82, 2.24) is 10.3 Å². The number of alkyl halides is 3. The Balaban J connectivity index is 1.25. The topological polar surface area (TPSA) is 97.8 Å². The molecule has 2 aliphatic heterocycles. The molecule has 1 saturated heterocycles. The minimum atomic E-state index is -4.43. The highest BCUT2D eigenvalue weighted by atomic mass is 32.2. The van der Waals surface area contributed by atoms with Gasteiger partial charge < -0.3 is 19.7 Å². The van der Waals surface area contributed by atoms with Gasteiger partial charge in [0.05, 0.1) is 16.2 Å². The number of nitrogens with zero attached hydrogens (tertiary/aromatic N) is 2. The van der Waals surface area contributed by atoms with Gasteiger partial charge in [0.15, 0.2) is 21.3 Å². The van der Waals surface area contributed by atoms with E-state index in [1.807, 2.05) is 4.90 Å². The molecule has 12 heteroatoms. The van der Waals surface area contributed by atoms with E-state index in [0.29, 0.717) is 56.5 Å². The molecule has 34 heavy (non-hydrogen) atoms. The summed E-state index contributed by atoms with van der Waals surface area (Å²) in [7, 11) is -3.68. The molecule has 0 bridgehead atoms. The number of carbonyl (C=O) groups is 1. The fourth-order valence-electron chi connectivity index (χ4n) is 3.86. The summed E-state index contributed by atoms with van der Waals surface area (Å²) in [5, 5.41) is 2.85. The minimum Gasteiger partial charge on any atom is -0.486 e. The van der Waals surface area contributed by atoms with Gasteiger partial charge in [-0.05, 0) is 37.1 Å². The van der Waals surface area contributed by atoms with Crippen molar-refractivity contribution in [1.29, 1.82) is 0 Å². The summed E-state index contributed by atoms with van der Waals surface area (Å²) in [4.78, 5) is 18.2. The fraction of sp³-hybridized carbons (Fsp3) is 0.455. The van der Waals surface area contributed by atoms with E-state index in [-0.39, 0.29) is 29.0 Å². The van der Waals surface area contributed by atoms with Crippen LogP contribution in [0.1, 0.15) is 24.8 Å². The number of rotatable bonds is 6. The normalized spacial score (nSPS) is 16.9. The van der Waals surface area contributed by atoms with E-state index in [4.69, 9.17) is 9.47 Å².